The van der Waals surface area contributed by atoms with Crippen molar-refractivity contribution in [3.8, 4) is 22.5 Å². The Labute approximate surface area is 247 Å². The highest BCUT2D eigenvalue weighted by atomic mass is 32.3. The number of aromatic nitrogens is 1. The van der Waals surface area contributed by atoms with Crippen LogP contribution in [0.2, 0.25) is 0 Å². The van der Waals surface area contributed by atoms with Crippen LogP contribution in [0.25, 0.3) is 33.6 Å². The summed E-state index contributed by atoms with van der Waals surface area (Å²) >= 11 is 0. The highest BCUT2D eigenvalue weighted by Gasteiger charge is 2.57. The summed E-state index contributed by atoms with van der Waals surface area (Å²) in [6.45, 7) is 0. The van der Waals surface area contributed by atoms with Gasteiger partial charge in [-0.05, 0) is 73.2 Å². The molecule has 43 heavy (non-hydrogen) atoms. The Morgan fingerprint density at radius 1 is 0.953 bits per heavy atom. The molecular formula is C29H27FN4O7S2. The second-order valence-corrected chi connectivity index (χ2v) is 15.0. The molecule has 2 amide bonds. The molecule has 0 unspecified atom stereocenters. The van der Waals surface area contributed by atoms with Crippen LogP contribution in [0.1, 0.15) is 40.0 Å². The van der Waals surface area contributed by atoms with E-state index in [1.807, 2.05) is 0 Å². The van der Waals surface area contributed by atoms with Gasteiger partial charge in [0.2, 0.25) is 25.8 Å². The minimum Gasteiger partial charge on any atom is -0.437 e. The van der Waals surface area contributed by atoms with Gasteiger partial charge in [-0.25, -0.2) is 21.2 Å². The number of carbonyl (C=O) groups is 2. The number of furan rings is 1. The number of pyridine rings is 1. The zero-order valence-electron chi connectivity index (χ0n) is 23.3. The molecule has 2 N–H and O–H groups in total. The van der Waals surface area contributed by atoms with Crippen LogP contribution in [0.5, 0.6) is 0 Å². The lowest BCUT2D eigenvalue weighted by Gasteiger charge is -2.61. The first-order valence-corrected chi connectivity index (χ1v) is 17.0. The van der Waals surface area contributed by atoms with E-state index in [1.165, 1.54) is 43.4 Å². The van der Waals surface area contributed by atoms with Gasteiger partial charge < -0.3 is 15.1 Å². The fourth-order valence-corrected chi connectivity index (χ4v) is 8.73. The topological polar surface area (TPSA) is 156 Å². The number of sulfonamides is 2. The van der Waals surface area contributed by atoms with Gasteiger partial charge >= 0.3 is 0 Å². The first kappa shape index (κ1) is 28.8. The number of rotatable bonds is 8. The number of fused-ring (bicyclic) bond motifs is 1. The van der Waals surface area contributed by atoms with Crippen LogP contribution < -0.4 is 14.3 Å². The quantitative estimate of drug-likeness (QED) is 0.300. The Morgan fingerprint density at radius 3 is 2.16 bits per heavy atom. The molecule has 3 fully saturated rings. The summed E-state index contributed by atoms with van der Waals surface area (Å²) in [5.74, 6) is -1.24. The monoisotopic (exact) mass is 626 g/mol. The zero-order valence-corrected chi connectivity index (χ0v) is 25.0. The number of benzene rings is 2. The average Bonchev–Trinajstić information content (AvgIpc) is 3.26. The highest BCUT2D eigenvalue weighted by Crippen LogP contribution is 2.57. The molecule has 2 aromatic carbocycles. The van der Waals surface area contributed by atoms with Crippen molar-refractivity contribution in [1.82, 2.24) is 15.6 Å². The van der Waals surface area contributed by atoms with Crippen molar-refractivity contribution in [2.75, 3.05) is 23.3 Å². The second-order valence-electron chi connectivity index (χ2n) is 11.1. The van der Waals surface area contributed by atoms with Crippen LogP contribution in [-0.4, -0.2) is 58.7 Å². The molecule has 3 saturated carbocycles. The van der Waals surface area contributed by atoms with E-state index in [0.717, 1.165) is 31.8 Å². The van der Waals surface area contributed by atoms with Crippen molar-refractivity contribution in [2.45, 2.75) is 24.8 Å². The summed E-state index contributed by atoms with van der Waals surface area (Å²) in [6, 6.07) is 12.8. The van der Waals surface area contributed by atoms with Crippen molar-refractivity contribution in [1.29, 1.82) is 0 Å². The third-order valence-corrected chi connectivity index (χ3v) is 11.0. The Morgan fingerprint density at radius 2 is 1.60 bits per heavy atom. The van der Waals surface area contributed by atoms with Gasteiger partial charge in [-0.15, -0.1) is 3.71 Å². The number of nitrogens with one attached hydrogen (secondary N) is 2. The molecule has 14 heteroatoms. The largest absolute Gasteiger partial charge is 0.437 e. The van der Waals surface area contributed by atoms with Crippen LogP contribution in [0.3, 0.4) is 0 Å². The molecule has 2 heterocycles. The minimum atomic E-state index is -4.46. The number of nitrogens with zero attached hydrogens (tertiary/aromatic N) is 2. The van der Waals surface area contributed by atoms with Gasteiger partial charge in [0.1, 0.15) is 11.6 Å². The van der Waals surface area contributed by atoms with E-state index in [9.17, 15) is 30.8 Å². The lowest BCUT2D eigenvalue weighted by molar-refractivity contribution is -0.0438. The third-order valence-electron chi connectivity index (χ3n) is 7.85. The molecule has 0 atom stereocenters. The molecule has 3 aliphatic rings. The second kappa shape index (κ2) is 9.88. The summed E-state index contributed by atoms with van der Waals surface area (Å²) in [7, 11) is -7.51. The first-order chi connectivity index (χ1) is 20.2. The number of halogens is 1. The maximum absolute atomic E-state index is 13.7. The third kappa shape index (κ3) is 5.03. The molecule has 11 nitrogen and oxygen atoms in total. The Kier molecular flexibility index (Phi) is 6.62. The van der Waals surface area contributed by atoms with E-state index < -0.39 is 37.6 Å². The minimum absolute atomic E-state index is 0.0140. The summed E-state index contributed by atoms with van der Waals surface area (Å²) in [4.78, 5) is 30.6. The van der Waals surface area contributed by atoms with Gasteiger partial charge in [-0.1, -0.05) is 12.1 Å². The van der Waals surface area contributed by atoms with E-state index in [4.69, 9.17) is 4.42 Å². The van der Waals surface area contributed by atoms with Gasteiger partial charge in [0.15, 0.2) is 5.82 Å². The molecule has 2 bridgehead atoms. The van der Waals surface area contributed by atoms with Crippen molar-refractivity contribution in [3.63, 3.8) is 0 Å². The number of hydrogen-bond donors (Lipinski definition) is 2. The van der Waals surface area contributed by atoms with E-state index >= 15 is 0 Å². The van der Waals surface area contributed by atoms with Gasteiger partial charge in [0, 0.05) is 29.3 Å². The van der Waals surface area contributed by atoms with Gasteiger partial charge in [0.05, 0.1) is 23.5 Å². The number of carbonyl (C=O) groups excluding carboxylic acids is 2. The fraction of sp³-hybridized carbons (Fsp3) is 0.276. The first-order valence-electron chi connectivity index (χ1n) is 13.3. The Hall–Kier alpha value is -4.30. The van der Waals surface area contributed by atoms with Crippen LogP contribution >= 0.6 is 0 Å². The van der Waals surface area contributed by atoms with Gasteiger partial charge in [0.25, 0.3) is 11.8 Å². The lowest BCUT2D eigenvalue weighted by atomic mass is 9.50. The Bertz CT molecular complexity index is 1990. The molecular weight excluding hydrogens is 599 g/mol. The van der Waals surface area contributed by atoms with E-state index in [2.05, 4.69) is 15.6 Å². The number of hydrogen-bond acceptors (Lipinski definition) is 8. The smallest absolute Gasteiger partial charge is 0.255 e. The summed E-state index contributed by atoms with van der Waals surface area (Å²) in [6.07, 6.45) is 4.23. The van der Waals surface area contributed by atoms with Crippen molar-refractivity contribution in [3.05, 3.63) is 71.5 Å². The van der Waals surface area contributed by atoms with Crippen LogP contribution in [0.4, 0.5) is 10.2 Å². The summed E-state index contributed by atoms with van der Waals surface area (Å²) in [5, 5.41) is 5.75. The molecule has 0 spiro atoms. The lowest BCUT2D eigenvalue weighted by Crippen LogP contribution is -2.68. The van der Waals surface area contributed by atoms with Crippen molar-refractivity contribution >= 4 is 48.8 Å². The average molecular weight is 627 g/mol. The molecule has 224 valence electrons. The van der Waals surface area contributed by atoms with Gasteiger partial charge in [-0.3, -0.25) is 9.59 Å². The Balaban J connectivity index is 1.60. The highest BCUT2D eigenvalue weighted by molar-refractivity contribution is 8.09. The van der Waals surface area contributed by atoms with E-state index in [1.54, 1.807) is 18.2 Å². The number of amides is 2. The molecule has 7 rings (SSSR count). The normalized spacial score (nSPS) is 19.3. The predicted molar refractivity (Wildman–Crippen MR) is 158 cm³/mol. The summed E-state index contributed by atoms with van der Waals surface area (Å²) < 4.78 is 71.2. The molecule has 2 aromatic heterocycles. The predicted octanol–water partition coefficient (Wildman–Crippen LogP) is 3.67. The van der Waals surface area contributed by atoms with Crippen molar-refractivity contribution < 1.29 is 35.2 Å². The van der Waals surface area contributed by atoms with Crippen molar-refractivity contribution in [2.24, 2.45) is 5.92 Å². The SMILES string of the molecule is CNC(=O)c1c(-c2ccc(F)cc2)oc2nc(N(S(C)(=O)=O)S(C)(=O)=O)c(-c3cccc(C(=O)NC45CC(C4)C5)c3)cc12. The molecule has 3 aliphatic carbocycles. The van der Waals surface area contributed by atoms with E-state index in [-0.39, 0.29) is 54.3 Å². The fourth-order valence-electron chi connectivity index (χ4n) is 5.85. The number of anilines is 1. The standard InChI is InChI=1S/C29H27FN4O7S2/c1-31-27(36)23-22-12-21(18-5-4-6-19(11-18)26(35)33-29-13-16(14-29)15-29)25(34(42(2,37)38)43(3,39)40)32-28(22)41-24(23)17-7-9-20(30)10-8-17/h4-12,16H,13-15H2,1-3H3,(H,31,36)(H,33,35). The van der Waals surface area contributed by atoms with E-state index in [0.29, 0.717) is 11.5 Å². The van der Waals surface area contributed by atoms with Crippen LogP contribution in [-0.2, 0) is 20.0 Å². The molecule has 0 aliphatic heterocycles. The van der Waals surface area contributed by atoms with Crippen LogP contribution in [0.15, 0.2) is 59.0 Å². The summed E-state index contributed by atoms with van der Waals surface area (Å²) in [5.41, 5.74) is 0.502. The van der Waals surface area contributed by atoms with Crippen LogP contribution in [0, 0.1) is 11.7 Å². The maximum Gasteiger partial charge on any atom is 0.255 e. The van der Waals surface area contributed by atoms with Gasteiger partial charge in [-0.2, -0.15) is 4.98 Å². The maximum atomic E-state index is 13.7. The zero-order chi connectivity index (χ0) is 30.9. The molecule has 4 aromatic rings. The molecule has 0 saturated heterocycles. The molecule has 0 radical (unpaired) electrons.